The third-order valence-corrected chi connectivity index (χ3v) is 2.92. The lowest BCUT2D eigenvalue weighted by Crippen LogP contribution is -2.17. The van der Waals surface area contributed by atoms with Gasteiger partial charge in [-0.15, -0.1) is 5.10 Å². The molecule has 1 heterocycles. The molecule has 1 aromatic carbocycles. The molecule has 0 aliphatic carbocycles. The Balaban J connectivity index is 2.31. The molecule has 0 aliphatic rings. The van der Waals surface area contributed by atoms with E-state index in [0.29, 0.717) is 5.00 Å². The van der Waals surface area contributed by atoms with Gasteiger partial charge in [0, 0.05) is 17.1 Å². The van der Waals surface area contributed by atoms with Crippen molar-refractivity contribution in [1.29, 1.82) is 0 Å². The number of carbonyl (C=O) groups excluding carboxylic acids is 1. The molecular weight excluding hydrogens is 295 g/mol. The second-order valence-electron chi connectivity index (χ2n) is 3.64. The van der Waals surface area contributed by atoms with Crippen LogP contribution in [0.5, 0.6) is 0 Å². The molecule has 0 radical (unpaired) electrons. The number of hydrazine groups is 1. The number of rotatable bonds is 3. The largest absolute Gasteiger partial charge is 0.418 e. The van der Waals surface area contributed by atoms with E-state index in [2.05, 4.69) is 14.9 Å². The maximum absolute atomic E-state index is 12.8. The van der Waals surface area contributed by atoms with Crippen molar-refractivity contribution in [2.24, 2.45) is 5.84 Å². The minimum Gasteiger partial charge on any atom is -0.324 e. The highest BCUT2D eigenvalue weighted by atomic mass is 32.1. The number of aromatic nitrogens is 2. The average Bonchev–Trinajstić information content (AvgIpc) is 2.89. The van der Waals surface area contributed by atoms with E-state index in [9.17, 15) is 18.0 Å². The SMILES string of the molecule is NNc1ccc(C(=O)Nc2cnns2)cc1C(F)(F)F. The van der Waals surface area contributed by atoms with Gasteiger partial charge in [-0.1, -0.05) is 4.49 Å². The molecule has 1 aromatic heterocycles. The zero-order chi connectivity index (χ0) is 14.8. The summed E-state index contributed by atoms with van der Waals surface area (Å²) in [6.07, 6.45) is -3.33. The third-order valence-electron chi connectivity index (χ3n) is 2.34. The van der Waals surface area contributed by atoms with E-state index in [1.807, 2.05) is 5.43 Å². The van der Waals surface area contributed by atoms with Crippen LogP contribution in [0.15, 0.2) is 24.4 Å². The Bertz CT molecular complexity index is 614. The lowest BCUT2D eigenvalue weighted by Gasteiger charge is -2.13. The van der Waals surface area contributed by atoms with Gasteiger partial charge in [0.15, 0.2) is 0 Å². The summed E-state index contributed by atoms with van der Waals surface area (Å²) in [5, 5.41) is 6.23. The first-order valence-electron chi connectivity index (χ1n) is 5.18. The molecular formula is C10H8F3N5OS. The highest BCUT2D eigenvalue weighted by Crippen LogP contribution is 2.35. The summed E-state index contributed by atoms with van der Waals surface area (Å²) < 4.78 is 42.0. The summed E-state index contributed by atoms with van der Waals surface area (Å²) in [6.45, 7) is 0. The summed E-state index contributed by atoms with van der Waals surface area (Å²) in [6, 6.07) is 3.04. The number of nitrogens with zero attached hydrogens (tertiary/aromatic N) is 2. The Hall–Kier alpha value is -2.20. The molecule has 0 saturated carbocycles. The van der Waals surface area contributed by atoms with Crippen molar-refractivity contribution in [3.8, 4) is 0 Å². The summed E-state index contributed by atoms with van der Waals surface area (Å²) in [4.78, 5) is 11.8. The highest BCUT2D eigenvalue weighted by Gasteiger charge is 2.34. The summed E-state index contributed by atoms with van der Waals surface area (Å²) >= 11 is 0.916. The van der Waals surface area contributed by atoms with Gasteiger partial charge in [0.05, 0.1) is 17.4 Å². The minimum absolute atomic E-state index is 0.148. The van der Waals surface area contributed by atoms with Crippen LogP contribution >= 0.6 is 11.5 Å². The molecule has 0 atom stereocenters. The number of amides is 1. The number of nitrogens with two attached hydrogens (primary N) is 1. The molecule has 0 spiro atoms. The van der Waals surface area contributed by atoms with E-state index in [1.54, 1.807) is 0 Å². The Kier molecular flexibility index (Phi) is 3.86. The van der Waals surface area contributed by atoms with Crippen LogP contribution in [0.4, 0.5) is 23.9 Å². The predicted molar refractivity (Wildman–Crippen MR) is 67.1 cm³/mol. The standard InChI is InChI=1S/C10H8F3N5OS/c11-10(12,13)6-3-5(1-2-7(6)17-14)9(19)16-8-4-15-18-20-8/h1-4,17H,14H2,(H,16,19). The predicted octanol–water partition coefficient (Wildman–Crippen LogP) is 2.09. The van der Waals surface area contributed by atoms with Gasteiger partial charge in [-0.3, -0.25) is 10.6 Å². The number of nitrogens with one attached hydrogen (secondary N) is 2. The summed E-state index contributed by atoms with van der Waals surface area (Å²) in [7, 11) is 0. The molecule has 0 fully saturated rings. The lowest BCUT2D eigenvalue weighted by molar-refractivity contribution is -0.137. The van der Waals surface area contributed by atoms with Crippen molar-refractivity contribution in [1.82, 2.24) is 9.59 Å². The molecule has 6 nitrogen and oxygen atoms in total. The molecule has 10 heteroatoms. The molecule has 1 amide bonds. The van der Waals surface area contributed by atoms with E-state index in [0.717, 1.165) is 23.7 Å². The van der Waals surface area contributed by atoms with E-state index < -0.39 is 17.6 Å². The van der Waals surface area contributed by atoms with Gasteiger partial charge in [-0.25, -0.2) is 0 Å². The maximum atomic E-state index is 12.8. The molecule has 20 heavy (non-hydrogen) atoms. The monoisotopic (exact) mass is 303 g/mol. The van der Waals surface area contributed by atoms with Crippen LogP contribution in [-0.4, -0.2) is 15.5 Å². The molecule has 0 bridgehead atoms. The van der Waals surface area contributed by atoms with Gasteiger partial charge in [-0.05, 0) is 18.2 Å². The van der Waals surface area contributed by atoms with Gasteiger partial charge in [0.2, 0.25) is 0 Å². The Morgan fingerprint density at radius 1 is 1.35 bits per heavy atom. The number of benzene rings is 1. The third kappa shape index (κ3) is 3.03. The van der Waals surface area contributed by atoms with Crippen LogP contribution in [0.25, 0.3) is 0 Å². The van der Waals surface area contributed by atoms with Crippen LogP contribution in [-0.2, 0) is 6.18 Å². The Labute approximate surface area is 114 Å². The number of halogens is 3. The second-order valence-corrected chi connectivity index (χ2v) is 4.42. The van der Waals surface area contributed by atoms with Crippen molar-refractivity contribution in [2.45, 2.75) is 6.18 Å². The smallest absolute Gasteiger partial charge is 0.324 e. The number of alkyl halides is 3. The van der Waals surface area contributed by atoms with Crippen molar-refractivity contribution < 1.29 is 18.0 Å². The zero-order valence-electron chi connectivity index (χ0n) is 9.73. The first-order chi connectivity index (χ1) is 9.41. The van der Waals surface area contributed by atoms with Crippen molar-refractivity contribution in [3.05, 3.63) is 35.5 Å². The van der Waals surface area contributed by atoms with Gasteiger partial charge < -0.3 is 10.7 Å². The van der Waals surface area contributed by atoms with Gasteiger partial charge >= 0.3 is 6.18 Å². The van der Waals surface area contributed by atoms with Gasteiger partial charge in [-0.2, -0.15) is 13.2 Å². The van der Waals surface area contributed by atoms with Gasteiger partial charge in [0.25, 0.3) is 5.91 Å². The molecule has 0 unspecified atom stereocenters. The fourth-order valence-corrected chi connectivity index (χ4v) is 1.87. The Morgan fingerprint density at radius 2 is 2.10 bits per heavy atom. The number of nitrogen functional groups attached to an aromatic ring is 1. The number of hydrogen-bond donors (Lipinski definition) is 3. The molecule has 4 N–H and O–H groups in total. The van der Waals surface area contributed by atoms with E-state index in [-0.39, 0.29) is 11.3 Å². The highest BCUT2D eigenvalue weighted by molar-refractivity contribution is 7.10. The maximum Gasteiger partial charge on any atom is 0.418 e. The topological polar surface area (TPSA) is 92.9 Å². The molecule has 0 saturated heterocycles. The number of carbonyl (C=O) groups is 1. The van der Waals surface area contributed by atoms with Crippen LogP contribution < -0.4 is 16.6 Å². The minimum atomic E-state index is -4.62. The summed E-state index contributed by atoms with van der Waals surface area (Å²) in [5.74, 6) is 4.33. The number of anilines is 2. The van der Waals surface area contributed by atoms with Crippen LogP contribution in [0.1, 0.15) is 15.9 Å². The first kappa shape index (κ1) is 14.2. The van der Waals surface area contributed by atoms with E-state index in [1.165, 1.54) is 12.3 Å². The van der Waals surface area contributed by atoms with Crippen LogP contribution in [0, 0.1) is 0 Å². The van der Waals surface area contributed by atoms with Gasteiger partial charge in [0.1, 0.15) is 5.00 Å². The summed E-state index contributed by atoms with van der Waals surface area (Å²) in [5.41, 5.74) is 0.466. The van der Waals surface area contributed by atoms with Crippen LogP contribution in [0.3, 0.4) is 0 Å². The van der Waals surface area contributed by atoms with Crippen LogP contribution in [0.2, 0.25) is 0 Å². The fraction of sp³-hybridized carbons (Fsp3) is 0.100. The molecule has 2 rings (SSSR count). The Morgan fingerprint density at radius 3 is 2.65 bits per heavy atom. The second kappa shape index (κ2) is 5.43. The number of hydrogen-bond acceptors (Lipinski definition) is 6. The van der Waals surface area contributed by atoms with Crippen molar-refractivity contribution in [2.75, 3.05) is 10.7 Å². The molecule has 2 aromatic rings. The van der Waals surface area contributed by atoms with Crippen molar-refractivity contribution >= 4 is 28.1 Å². The normalized spacial score (nSPS) is 11.2. The first-order valence-corrected chi connectivity index (χ1v) is 5.95. The molecule has 106 valence electrons. The molecule has 0 aliphatic heterocycles. The quantitative estimate of drug-likeness (QED) is 0.596. The average molecular weight is 303 g/mol. The van der Waals surface area contributed by atoms with E-state index in [4.69, 9.17) is 5.84 Å². The van der Waals surface area contributed by atoms with E-state index >= 15 is 0 Å². The zero-order valence-corrected chi connectivity index (χ0v) is 10.5. The lowest BCUT2D eigenvalue weighted by atomic mass is 10.1. The fourth-order valence-electron chi connectivity index (χ4n) is 1.45. The van der Waals surface area contributed by atoms with Crippen molar-refractivity contribution in [3.63, 3.8) is 0 Å².